The van der Waals surface area contributed by atoms with Gasteiger partial charge in [0.05, 0.1) is 18.3 Å². The highest BCUT2D eigenvalue weighted by molar-refractivity contribution is 5.69. The fourth-order valence-electron chi connectivity index (χ4n) is 1.94. The van der Waals surface area contributed by atoms with Crippen molar-refractivity contribution < 1.29 is 9.90 Å². The largest absolute Gasteiger partial charge is 0.480 e. The van der Waals surface area contributed by atoms with Gasteiger partial charge in [0.1, 0.15) is 0 Å². The number of pyridine rings is 1. The molecule has 1 aliphatic carbocycles. The highest BCUT2D eigenvalue weighted by Crippen LogP contribution is 2.33. The molecule has 0 radical (unpaired) electrons. The Kier molecular flexibility index (Phi) is 3.19. The van der Waals surface area contributed by atoms with Crippen LogP contribution in [-0.2, 0) is 4.79 Å². The number of aliphatic carboxylic acids is 1. The van der Waals surface area contributed by atoms with Crippen molar-refractivity contribution in [1.82, 2.24) is 9.88 Å². The van der Waals surface area contributed by atoms with Gasteiger partial charge in [-0.15, -0.1) is 0 Å². The van der Waals surface area contributed by atoms with Gasteiger partial charge in [-0.25, -0.2) is 0 Å². The monoisotopic (exact) mass is 220 g/mol. The molecule has 1 heterocycles. The maximum absolute atomic E-state index is 10.8. The molecule has 1 fully saturated rings. The summed E-state index contributed by atoms with van der Waals surface area (Å²) in [4.78, 5) is 17.1. The molecule has 1 aromatic rings. The van der Waals surface area contributed by atoms with E-state index in [0.29, 0.717) is 6.04 Å². The molecule has 0 saturated heterocycles. The number of carboxylic acid groups (broad SMARTS) is 1. The summed E-state index contributed by atoms with van der Waals surface area (Å²) in [5.74, 6) is -0.769. The van der Waals surface area contributed by atoms with Crippen molar-refractivity contribution in [2.24, 2.45) is 0 Å². The van der Waals surface area contributed by atoms with E-state index >= 15 is 0 Å². The zero-order valence-electron chi connectivity index (χ0n) is 9.34. The van der Waals surface area contributed by atoms with E-state index in [-0.39, 0.29) is 12.6 Å². The lowest BCUT2D eigenvalue weighted by molar-refractivity contribution is -0.139. The van der Waals surface area contributed by atoms with Crippen molar-refractivity contribution in [2.75, 3.05) is 6.54 Å². The summed E-state index contributed by atoms with van der Waals surface area (Å²) in [6.45, 7) is 2.12. The van der Waals surface area contributed by atoms with E-state index in [1.165, 1.54) is 0 Å². The molecular formula is C12H16N2O2. The Bertz CT molecular complexity index is 363. The van der Waals surface area contributed by atoms with E-state index < -0.39 is 5.97 Å². The first-order valence-corrected chi connectivity index (χ1v) is 5.57. The van der Waals surface area contributed by atoms with Gasteiger partial charge in [-0.2, -0.15) is 0 Å². The van der Waals surface area contributed by atoms with E-state index in [0.717, 1.165) is 18.5 Å². The first-order chi connectivity index (χ1) is 7.68. The molecule has 16 heavy (non-hydrogen) atoms. The minimum absolute atomic E-state index is 0.0739. The second kappa shape index (κ2) is 4.61. The quantitative estimate of drug-likeness (QED) is 0.820. The second-order valence-corrected chi connectivity index (χ2v) is 4.23. The molecule has 2 rings (SSSR count). The first kappa shape index (κ1) is 11.1. The van der Waals surface area contributed by atoms with Crippen LogP contribution in [0.1, 0.15) is 31.5 Å². The van der Waals surface area contributed by atoms with Crippen LogP contribution in [0.2, 0.25) is 0 Å². The zero-order valence-corrected chi connectivity index (χ0v) is 9.34. The minimum Gasteiger partial charge on any atom is -0.480 e. The first-order valence-electron chi connectivity index (χ1n) is 5.57. The lowest BCUT2D eigenvalue weighted by Gasteiger charge is -2.26. The van der Waals surface area contributed by atoms with Crippen molar-refractivity contribution in [2.45, 2.75) is 31.8 Å². The lowest BCUT2D eigenvalue weighted by Crippen LogP contribution is -2.34. The molecule has 1 N–H and O–H groups in total. The number of carboxylic acids is 1. The number of aromatic nitrogens is 1. The molecule has 4 heteroatoms. The molecule has 0 bridgehead atoms. The Morgan fingerprint density at radius 1 is 1.62 bits per heavy atom. The standard InChI is InChI=1S/C12H16N2O2/c1-9(11-4-2-3-7-13-11)14(8-12(15)16)10-5-6-10/h2-4,7,9-10H,5-6,8H2,1H3,(H,15,16)/t9-/m0/s1. The minimum atomic E-state index is -0.769. The predicted octanol–water partition coefficient (Wildman–Crippen LogP) is 1.69. The molecule has 86 valence electrons. The van der Waals surface area contributed by atoms with E-state index in [9.17, 15) is 4.79 Å². The third kappa shape index (κ3) is 2.58. The van der Waals surface area contributed by atoms with Gasteiger partial charge in [-0.1, -0.05) is 6.07 Å². The van der Waals surface area contributed by atoms with Gasteiger partial charge in [-0.3, -0.25) is 14.7 Å². The topological polar surface area (TPSA) is 53.4 Å². The average molecular weight is 220 g/mol. The van der Waals surface area contributed by atoms with Gasteiger partial charge >= 0.3 is 5.97 Å². The lowest BCUT2D eigenvalue weighted by atomic mass is 10.2. The maximum atomic E-state index is 10.8. The Morgan fingerprint density at radius 2 is 2.38 bits per heavy atom. The summed E-state index contributed by atoms with van der Waals surface area (Å²) >= 11 is 0. The summed E-state index contributed by atoms with van der Waals surface area (Å²) in [6.07, 6.45) is 3.95. The van der Waals surface area contributed by atoms with Crippen molar-refractivity contribution in [3.63, 3.8) is 0 Å². The van der Waals surface area contributed by atoms with Gasteiger partial charge in [0.2, 0.25) is 0 Å². The zero-order chi connectivity index (χ0) is 11.5. The smallest absolute Gasteiger partial charge is 0.317 e. The number of nitrogens with zero attached hydrogens (tertiary/aromatic N) is 2. The molecule has 0 unspecified atom stereocenters. The van der Waals surface area contributed by atoms with Crippen LogP contribution >= 0.6 is 0 Å². The summed E-state index contributed by atoms with van der Waals surface area (Å²) in [5.41, 5.74) is 0.940. The van der Waals surface area contributed by atoms with Gasteiger partial charge < -0.3 is 5.11 Å². The van der Waals surface area contributed by atoms with Crippen LogP contribution < -0.4 is 0 Å². The highest BCUT2D eigenvalue weighted by Gasteiger charge is 2.34. The van der Waals surface area contributed by atoms with E-state index in [4.69, 9.17) is 5.11 Å². The second-order valence-electron chi connectivity index (χ2n) is 4.23. The van der Waals surface area contributed by atoms with Crippen LogP contribution in [0.15, 0.2) is 24.4 Å². The average Bonchev–Trinajstić information content (AvgIpc) is 3.10. The van der Waals surface area contributed by atoms with Crippen LogP contribution in [-0.4, -0.2) is 33.5 Å². The molecule has 0 amide bonds. The fourth-order valence-corrected chi connectivity index (χ4v) is 1.94. The van der Waals surface area contributed by atoms with Crippen molar-refractivity contribution in [3.8, 4) is 0 Å². The normalized spacial score (nSPS) is 17.4. The molecule has 0 aromatic carbocycles. The molecular weight excluding hydrogens is 204 g/mol. The van der Waals surface area contributed by atoms with Crippen LogP contribution in [0, 0.1) is 0 Å². The van der Waals surface area contributed by atoms with E-state index in [1.54, 1.807) is 6.20 Å². The molecule has 0 aliphatic heterocycles. The maximum Gasteiger partial charge on any atom is 0.317 e. The molecule has 1 saturated carbocycles. The molecule has 4 nitrogen and oxygen atoms in total. The summed E-state index contributed by atoms with van der Waals surface area (Å²) in [6, 6.07) is 6.25. The third-order valence-corrected chi connectivity index (χ3v) is 2.95. The number of hydrogen-bond donors (Lipinski definition) is 1. The van der Waals surface area contributed by atoms with E-state index in [2.05, 4.69) is 4.98 Å². The van der Waals surface area contributed by atoms with Crippen LogP contribution in [0.4, 0.5) is 0 Å². The molecule has 0 spiro atoms. The van der Waals surface area contributed by atoms with Crippen molar-refractivity contribution in [1.29, 1.82) is 0 Å². The third-order valence-electron chi connectivity index (χ3n) is 2.95. The Balaban J connectivity index is 2.10. The molecule has 1 aliphatic rings. The van der Waals surface area contributed by atoms with Crippen LogP contribution in [0.5, 0.6) is 0 Å². The Morgan fingerprint density at radius 3 is 2.88 bits per heavy atom. The van der Waals surface area contributed by atoms with Crippen LogP contribution in [0.25, 0.3) is 0 Å². The van der Waals surface area contributed by atoms with Crippen molar-refractivity contribution >= 4 is 5.97 Å². The highest BCUT2D eigenvalue weighted by atomic mass is 16.4. The number of carbonyl (C=O) groups is 1. The molecule has 1 atom stereocenters. The molecule has 1 aromatic heterocycles. The number of rotatable bonds is 5. The van der Waals surface area contributed by atoms with Gasteiger partial charge in [-0.05, 0) is 31.9 Å². The predicted molar refractivity (Wildman–Crippen MR) is 60.0 cm³/mol. The number of hydrogen-bond acceptors (Lipinski definition) is 3. The van der Waals surface area contributed by atoms with Gasteiger partial charge in [0.15, 0.2) is 0 Å². The van der Waals surface area contributed by atoms with Gasteiger partial charge in [0.25, 0.3) is 0 Å². The van der Waals surface area contributed by atoms with Crippen molar-refractivity contribution in [3.05, 3.63) is 30.1 Å². The summed E-state index contributed by atoms with van der Waals surface area (Å²) < 4.78 is 0. The van der Waals surface area contributed by atoms with Crippen LogP contribution in [0.3, 0.4) is 0 Å². The Labute approximate surface area is 94.9 Å². The summed E-state index contributed by atoms with van der Waals surface area (Å²) in [7, 11) is 0. The summed E-state index contributed by atoms with van der Waals surface area (Å²) in [5, 5.41) is 8.89. The SMILES string of the molecule is C[C@@H](c1ccccn1)N(CC(=O)O)C1CC1. The van der Waals surface area contributed by atoms with Gasteiger partial charge in [0, 0.05) is 12.2 Å². The van der Waals surface area contributed by atoms with E-state index in [1.807, 2.05) is 30.0 Å². The Hall–Kier alpha value is -1.42. The fraction of sp³-hybridized carbons (Fsp3) is 0.500.